The third-order valence-corrected chi connectivity index (χ3v) is 1.58. The molecule has 0 amide bonds. The third kappa shape index (κ3) is 2.21. The van der Waals surface area contributed by atoms with Gasteiger partial charge in [-0.25, -0.2) is 0 Å². The van der Waals surface area contributed by atoms with Crippen molar-refractivity contribution < 1.29 is 22.5 Å². The van der Waals surface area contributed by atoms with Gasteiger partial charge in [-0.1, -0.05) is 0 Å². The topological polar surface area (TPSA) is 29.5 Å². The molecule has 0 saturated carbocycles. The fourth-order valence-corrected chi connectivity index (χ4v) is 0.925. The van der Waals surface area contributed by atoms with E-state index in [0.717, 1.165) is 12.1 Å². The van der Waals surface area contributed by atoms with E-state index in [1.165, 1.54) is 0 Å². The summed E-state index contributed by atoms with van der Waals surface area (Å²) in [6, 6.07) is 2.36. The highest BCUT2D eigenvalue weighted by atomic mass is 32.1. The molecule has 0 atom stereocenters. The molecule has 1 aromatic carbocycles. The lowest BCUT2D eigenvalue weighted by molar-refractivity contribution is -0.137. The van der Waals surface area contributed by atoms with Crippen LogP contribution < -0.4 is 4.18 Å². The quantitative estimate of drug-likeness (QED) is 0.551. The standard InChI is InChI=1S/C7H5F3O2S/c8-7(9,10)4-1-2-6(12-13)5(11)3-4/h1-3,11,13H. The van der Waals surface area contributed by atoms with E-state index in [-0.39, 0.29) is 5.75 Å². The van der Waals surface area contributed by atoms with Crippen LogP contribution in [0.15, 0.2) is 18.2 Å². The van der Waals surface area contributed by atoms with Gasteiger partial charge in [-0.3, -0.25) is 0 Å². The van der Waals surface area contributed by atoms with Gasteiger partial charge in [0.05, 0.1) is 5.56 Å². The number of halogens is 3. The van der Waals surface area contributed by atoms with Crippen LogP contribution in [0.1, 0.15) is 5.56 Å². The Balaban J connectivity index is 3.10. The Morgan fingerprint density at radius 3 is 2.31 bits per heavy atom. The summed E-state index contributed by atoms with van der Waals surface area (Å²) < 4.78 is 40.4. The molecule has 72 valence electrons. The molecule has 0 aliphatic heterocycles. The average Bonchev–Trinajstić information content (AvgIpc) is 2.02. The van der Waals surface area contributed by atoms with E-state index in [1.807, 2.05) is 0 Å². The van der Waals surface area contributed by atoms with E-state index in [1.54, 1.807) is 0 Å². The molecule has 0 aliphatic rings. The van der Waals surface area contributed by atoms with Gasteiger partial charge in [-0.2, -0.15) is 13.2 Å². The van der Waals surface area contributed by atoms with E-state index in [4.69, 9.17) is 5.11 Å². The molecule has 0 radical (unpaired) electrons. The van der Waals surface area contributed by atoms with Crippen LogP contribution in [-0.2, 0) is 6.18 Å². The maximum Gasteiger partial charge on any atom is 0.416 e. The number of thiol groups is 1. The molecule has 0 fully saturated rings. The Bertz CT molecular complexity index is 311. The first-order valence-electron chi connectivity index (χ1n) is 3.17. The van der Waals surface area contributed by atoms with Gasteiger partial charge in [-0.15, -0.1) is 0 Å². The van der Waals surface area contributed by atoms with Gasteiger partial charge in [0.15, 0.2) is 11.5 Å². The van der Waals surface area contributed by atoms with Crippen LogP contribution in [0.2, 0.25) is 0 Å². The van der Waals surface area contributed by atoms with Crippen molar-refractivity contribution >= 4 is 12.9 Å². The summed E-state index contributed by atoms with van der Waals surface area (Å²) in [5.74, 6) is -0.707. The van der Waals surface area contributed by atoms with Crippen LogP contribution in [0.4, 0.5) is 13.2 Å². The van der Waals surface area contributed by atoms with E-state index in [0.29, 0.717) is 6.07 Å². The molecular formula is C7H5F3O2S. The number of benzene rings is 1. The van der Waals surface area contributed by atoms with Gasteiger partial charge < -0.3 is 9.29 Å². The fraction of sp³-hybridized carbons (Fsp3) is 0.143. The maximum atomic E-state index is 12.0. The van der Waals surface area contributed by atoms with Crippen LogP contribution in [0, 0.1) is 0 Å². The number of phenolic OH excluding ortho intramolecular Hbond substituents is 1. The van der Waals surface area contributed by atoms with Crippen molar-refractivity contribution in [2.45, 2.75) is 6.18 Å². The summed E-state index contributed by atoms with van der Waals surface area (Å²) in [4.78, 5) is 0. The smallest absolute Gasteiger partial charge is 0.416 e. The summed E-state index contributed by atoms with van der Waals surface area (Å²) in [5.41, 5.74) is -0.931. The number of alkyl halides is 3. The Morgan fingerprint density at radius 2 is 1.92 bits per heavy atom. The largest absolute Gasteiger partial charge is 0.504 e. The Hall–Kier alpha value is -1.04. The molecule has 0 unspecified atom stereocenters. The molecule has 2 nitrogen and oxygen atoms in total. The van der Waals surface area contributed by atoms with Gasteiger partial charge in [0.25, 0.3) is 0 Å². The first kappa shape index (κ1) is 10.0. The second kappa shape index (κ2) is 3.37. The fourth-order valence-electron chi connectivity index (χ4n) is 0.771. The molecule has 1 rings (SSSR count). The van der Waals surface area contributed by atoms with Gasteiger partial charge in [0.2, 0.25) is 0 Å². The minimum Gasteiger partial charge on any atom is -0.504 e. The molecule has 13 heavy (non-hydrogen) atoms. The summed E-state index contributed by atoms with van der Waals surface area (Å²) in [5, 5.41) is 8.98. The van der Waals surface area contributed by atoms with Gasteiger partial charge in [0.1, 0.15) is 0 Å². The lowest BCUT2D eigenvalue weighted by atomic mass is 10.2. The number of phenols is 1. The lowest BCUT2D eigenvalue weighted by Crippen LogP contribution is -2.04. The first-order chi connectivity index (χ1) is 5.95. The molecule has 0 spiro atoms. The molecule has 0 aromatic heterocycles. The van der Waals surface area contributed by atoms with Crippen molar-refractivity contribution in [3.63, 3.8) is 0 Å². The maximum absolute atomic E-state index is 12.0. The summed E-state index contributed by atoms with van der Waals surface area (Å²) in [7, 11) is 0. The minimum absolute atomic E-state index is 0.115. The van der Waals surface area contributed by atoms with Gasteiger partial charge in [0, 0.05) is 12.9 Å². The average molecular weight is 210 g/mol. The minimum atomic E-state index is -4.47. The monoisotopic (exact) mass is 210 g/mol. The Kier molecular flexibility index (Phi) is 2.60. The summed E-state index contributed by atoms with van der Waals surface area (Å²) >= 11 is 3.35. The van der Waals surface area contributed by atoms with Gasteiger partial charge >= 0.3 is 6.18 Å². The van der Waals surface area contributed by atoms with Crippen LogP contribution >= 0.6 is 12.9 Å². The zero-order valence-electron chi connectivity index (χ0n) is 6.17. The highest BCUT2D eigenvalue weighted by molar-refractivity contribution is 7.75. The molecule has 0 saturated heterocycles. The highest BCUT2D eigenvalue weighted by Gasteiger charge is 2.31. The SMILES string of the molecule is Oc1cc(C(F)(F)F)ccc1OS. The molecule has 1 aromatic rings. The number of hydrogen-bond donors (Lipinski definition) is 2. The highest BCUT2D eigenvalue weighted by Crippen LogP contribution is 2.35. The zero-order valence-corrected chi connectivity index (χ0v) is 7.06. The number of aromatic hydroxyl groups is 1. The third-order valence-electron chi connectivity index (χ3n) is 1.38. The Labute approximate surface area is 77.6 Å². The molecule has 1 N–H and O–H groups in total. The van der Waals surface area contributed by atoms with E-state index >= 15 is 0 Å². The van der Waals surface area contributed by atoms with Crippen molar-refractivity contribution in [3.8, 4) is 11.5 Å². The lowest BCUT2D eigenvalue weighted by Gasteiger charge is -2.08. The zero-order chi connectivity index (χ0) is 10.1. The normalized spacial score (nSPS) is 11.4. The molecular weight excluding hydrogens is 205 g/mol. The van der Waals surface area contributed by atoms with Crippen molar-refractivity contribution in [3.05, 3.63) is 23.8 Å². The van der Waals surface area contributed by atoms with Crippen LogP contribution in [-0.4, -0.2) is 5.11 Å². The summed E-state index contributed by atoms with van der Waals surface area (Å²) in [6.07, 6.45) is -4.47. The van der Waals surface area contributed by atoms with E-state index < -0.39 is 17.5 Å². The van der Waals surface area contributed by atoms with Crippen LogP contribution in [0.25, 0.3) is 0 Å². The molecule has 0 bridgehead atoms. The number of hydrogen-bond acceptors (Lipinski definition) is 3. The van der Waals surface area contributed by atoms with Crippen molar-refractivity contribution in [1.29, 1.82) is 0 Å². The van der Waals surface area contributed by atoms with Gasteiger partial charge in [-0.05, 0) is 18.2 Å². The van der Waals surface area contributed by atoms with Crippen LogP contribution in [0.3, 0.4) is 0 Å². The van der Waals surface area contributed by atoms with E-state index in [9.17, 15) is 13.2 Å². The molecule has 0 heterocycles. The first-order valence-corrected chi connectivity index (χ1v) is 3.53. The predicted octanol–water partition coefficient (Wildman–Crippen LogP) is 2.63. The Morgan fingerprint density at radius 1 is 1.31 bits per heavy atom. The second-order valence-electron chi connectivity index (χ2n) is 2.27. The van der Waals surface area contributed by atoms with E-state index in [2.05, 4.69) is 17.1 Å². The molecule has 0 aliphatic carbocycles. The van der Waals surface area contributed by atoms with Crippen LogP contribution in [0.5, 0.6) is 11.5 Å². The van der Waals surface area contributed by atoms with Crippen molar-refractivity contribution in [2.24, 2.45) is 0 Å². The summed E-state index contributed by atoms with van der Waals surface area (Å²) in [6.45, 7) is 0. The van der Waals surface area contributed by atoms with Crippen molar-refractivity contribution in [2.75, 3.05) is 0 Å². The number of rotatable bonds is 1. The second-order valence-corrected chi connectivity index (χ2v) is 2.45. The predicted molar refractivity (Wildman–Crippen MR) is 42.7 cm³/mol. The van der Waals surface area contributed by atoms with Crippen molar-refractivity contribution in [1.82, 2.24) is 0 Å². The molecule has 6 heteroatoms.